The quantitative estimate of drug-likeness (QED) is 0.666. The first-order valence-corrected chi connectivity index (χ1v) is 9.83. The van der Waals surface area contributed by atoms with Crippen LogP contribution in [0.3, 0.4) is 0 Å². The first kappa shape index (κ1) is 21.5. The van der Waals surface area contributed by atoms with Gasteiger partial charge in [-0.1, -0.05) is 48.0 Å². The number of ether oxygens (including phenoxy) is 1. The van der Waals surface area contributed by atoms with Crippen molar-refractivity contribution in [2.24, 2.45) is 0 Å². The van der Waals surface area contributed by atoms with Crippen molar-refractivity contribution in [1.29, 1.82) is 0 Å². The number of carbonyl (C=O) groups excluding carboxylic acids is 1. The Labute approximate surface area is 162 Å². The second-order valence-electron chi connectivity index (χ2n) is 5.84. The van der Waals surface area contributed by atoms with Gasteiger partial charge in [0, 0.05) is 17.5 Å². The number of para-hydroxylation sites is 1. The molecule has 0 fully saturated rings. The number of amides is 1. The lowest BCUT2D eigenvalue weighted by Gasteiger charge is -2.11. The molecular weight excluding hydrogens is 390 g/mol. The van der Waals surface area contributed by atoms with E-state index in [2.05, 4.69) is 14.8 Å². The Hall–Kier alpha value is -2.78. The molecule has 2 rings (SSSR count). The zero-order chi connectivity index (χ0) is 20.6. The minimum absolute atomic E-state index is 0.0561. The smallest absolute Gasteiger partial charge is 0.387 e. The third-order valence-electron chi connectivity index (χ3n) is 3.62. The highest BCUT2D eigenvalue weighted by molar-refractivity contribution is 7.92. The lowest BCUT2D eigenvalue weighted by Crippen LogP contribution is -2.35. The standard InChI is InChI=1S/C19H20F2N2O4S/c1-14-6-8-15(9-7-14)10-11-28(25,26)23-13-18(24)22-12-16-4-2-3-5-17(16)27-19(20)21/h2-11,19,23H,12-13H2,1H3,(H,22,24)/b11-10+. The van der Waals surface area contributed by atoms with Crippen LogP contribution < -0.4 is 14.8 Å². The fourth-order valence-corrected chi connectivity index (χ4v) is 2.94. The summed E-state index contributed by atoms with van der Waals surface area (Å²) in [4.78, 5) is 11.9. The predicted octanol–water partition coefficient (Wildman–Crippen LogP) is 2.80. The van der Waals surface area contributed by atoms with E-state index in [1.165, 1.54) is 24.3 Å². The Bertz CT molecular complexity index is 929. The number of aryl methyl sites for hydroxylation is 1. The second-order valence-corrected chi connectivity index (χ2v) is 7.49. The van der Waals surface area contributed by atoms with E-state index in [4.69, 9.17) is 0 Å². The third kappa shape index (κ3) is 7.45. The summed E-state index contributed by atoms with van der Waals surface area (Å²) < 4.78 is 55.1. The van der Waals surface area contributed by atoms with Crippen LogP contribution in [0.5, 0.6) is 5.75 Å². The van der Waals surface area contributed by atoms with Crippen LogP contribution in [-0.2, 0) is 21.4 Å². The summed E-state index contributed by atoms with van der Waals surface area (Å²) in [7, 11) is -3.81. The number of benzene rings is 2. The Kier molecular flexibility index (Phi) is 7.65. The molecule has 0 unspecified atom stereocenters. The summed E-state index contributed by atoms with van der Waals surface area (Å²) in [5.74, 6) is -0.668. The van der Waals surface area contributed by atoms with E-state index < -0.39 is 29.1 Å². The highest BCUT2D eigenvalue weighted by Gasteiger charge is 2.12. The summed E-state index contributed by atoms with van der Waals surface area (Å²) in [6.45, 7) is -1.63. The Morgan fingerprint density at radius 1 is 1.14 bits per heavy atom. The Balaban J connectivity index is 1.85. The SMILES string of the molecule is Cc1ccc(/C=C/S(=O)(=O)NCC(=O)NCc2ccccc2OC(F)F)cc1. The fraction of sp³-hybridized carbons (Fsp3) is 0.211. The van der Waals surface area contributed by atoms with E-state index >= 15 is 0 Å². The molecule has 28 heavy (non-hydrogen) atoms. The zero-order valence-corrected chi connectivity index (χ0v) is 15.9. The minimum atomic E-state index is -3.81. The normalized spacial score (nSPS) is 11.7. The number of sulfonamides is 1. The molecule has 2 N–H and O–H groups in total. The van der Waals surface area contributed by atoms with Gasteiger partial charge in [0.15, 0.2) is 0 Å². The molecule has 0 spiro atoms. The van der Waals surface area contributed by atoms with Gasteiger partial charge in [-0.3, -0.25) is 4.79 Å². The van der Waals surface area contributed by atoms with Crippen molar-refractivity contribution in [1.82, 2.24) is 10.0 Å². The van der Waals surface area contributed by atoms with Gasteiger partial charge >= 0.3 is 6.61 Å². The van der Waals surface area contributed by atoms with Crippen LogP contribution in [-0.4, -0.2) is 27.5 Å². The van der Waals surface area contributed by atoms with Gasteiger partial charge in [-0.25, -0.2) is 13.1 Å². The number of hydrogen-bond acceptors (Lipinski definition) is 4. The fourth-order valence-electron chi connectivity index (χ4n) is 2.18. The molecule has 9 heteroatoms. The average molecular weight is 410 g/mol. The monoisotopic (exact) mass is 410 g/mol. The molecule has 0 aliphatic carbocycles. The van der Waals surface area contributed by atoms with E-state index in [0.717, 1.165) is 11.0 Å². The number of rotatable bonds is 9. The number of hydrogen-bond donors (Lipinski definition) is 2. The molecule has 0 saturated heterocycles. The van der Waals surface area contributed by atoms with E-state index in [1.54, 1.807) is 18.2 Å². The topological polar surface area (TPSA) is 84.5 Å². The van der Waals surface area contributed by atoms with E-state index in [1.807, 2.05) is 19.1 Å². The van der Waals surface area contributed by atoms with Crippen molar-refractivity contribution in [2.45, 2.75) is 20.1 Å². The summed E-state index contributed by atoms with van der Waals surface area (Å²) in [5.41, 5.74) is 2.10. The molecular formula is C19H20F2N2O4S. The van der Waals surface area contributed by atoms with E-state index in [0.29, 0.717) is 11.1 Å². The molecule has 6 nitrogen and oxygen atoms in total. The molecule has 2 aromatic rings. The van der Waals surface area contributed by atoms with Gasteiger partial charge in [-0.2, -0.15) is 8.78 Å². The summed E-state index contributed by atoms with van der Waals surface area (Å²) in [5, 5.41) is 3.42. The van der Waals surface area contributed by atoms with E-state index in [9.17, 15) is 22.0 Å². The van der Waals surface area contributed by atoms with Crippen LogP contribution in [0.2, 0.25) is 0 Å². The number of nitrogens with one attached hydrogen (secondary N) is 2. The van der Waals surface area contributed by atoms with Gasteiger partial charge < -0.3 is 10.1 Å². The Morgan fingerprint density at radius 2 is 1.82 bits per heavy atom. The van der Waals surface area contributed by atoms with Gasteiger partial charge in [-0.15, -0.1) is 0 Å². The molecule has 0 aromatic heterocycles. The number of halogens is 2. The summed E-state index contributed by atoms with van der Waals surface area (Å²) in [6, 6.07) is 13.3. The van der Waals surface area contributed by atoms with Gasteiger partial charge in [-0.05, 0) is 24.6 Å². The first-order chi connectivity index (χ1) is 13.2. The third-order valence-corrected chi connectivity index (χ3v) is 4.66. The average Bonchev–Trinajstić information content (AvgIpc) is 2.65. The van der Waals surface area contributed by atoms with Crippen LogP contribution in [0, 0.1) is 6.92 Å². The van der Waals surface area contributed by atoms with Crippen LogP contribution in [0.15, 0.2) is 53.9 Å². The molecule has 0 saturated carbocycles. The van der Waals surface area contributed by atoms with Crippen LogP contribution in [0.1, 0.15) is 16.7 Å². The maximum absolute atomic E-state index is 12.4. The number of alkyl halides is 2. The van der Waals surface area contributed by atoms with Gasteiger partial charge in [0.1, 0.15) is 5.75 Å². The molecule has 0 aliphatic rings. The molecule has 0 heterocycles. The first-order valence-electron chi connectivity index (χ1n) is 8.29. The molecule has 0 radical (unpaired) electrons. The van der Waals surface area contributed by atoms with Crippen molar-refractivity contribution in [2.75, 3.05) is 6.54 Å². The molecule has 0 bridgehead atoms. The molecule has 150 valence electrons. The second kappa shape index (κ2) is 9.95. The number of carbonyl (C=O) groups is 1. The van der Waals surface area contributed by atoms with Gasteiger partial charge in [0.25, 0.3) is 0 Å². The lowest BCUT2D eigenvalue weighted by atomic mass is 10.2. The largest absolute Gasteiger partial charge is 0.434 e. The maximum atomic E-state index is 12.4. The minimum Gasteiger partial charge on any atom is -0.434 e. The van der Waals surface area contributed by atoms with E-state index in [-0.39, 0.29) is 12.3 Å². The van der Waals surface area contributed by atoms with Gasteiger partial charge in [0.2, 0.25) is 15.9 Å². The summed E-state index contributed by atoms with van der Waals surface area (Å²) >= 11 is 0. The highest BCUT2D eigenvalue weighted by atomic mass is 32.2. The van der Waals surface area contributed by atoms with Crippen molar-refractivity contribution in [3.63, 3.8) is 0 Å². The zero-order valence-electron chi connectivity index (χ0n) is 15.1. The predicted molar refractivity (Wildman–Crippen MR) is 102 cm³/mol. The summed E-state index contributed by atoms with van der Waals surface area (Å²) in [6.07, 6.45) is 1.41. The highest BCUT2D eigenvalue weighted by Crippen LogP contribution is 2.19. The Morgan fingerprint density at radius 3 is 2.50 bits per heavy atom. The van der Waals surface area contributed by atoms with Crippen LogP contribution >= 0.6 is 0 Å². The van der Waals surface area contributed by atoms with Crippen LogP contribution in [0.25, 0.3) is 6.08 Å². The van der Waals surface area contributed by atoms with Crippen molar-refractivity contribution in [3.05, 3.63) is 70.6 Å². The molecule has 0 atom stereocenters. The maximum Gasteiger partial charge on any atom is 0.387 e. The van der Waals surface area contributed by atoms with Crippen molar-refractivity contribution < 1.29 is 26.7 Å². The lowest BCUT2D eigenvalue weighted by molar-refractivity contribution is -0.120. The van der Waals surface area contributed by atoms with Gasteiger partial charge in [0.05, 0.1) is 6.54 Å². The molecule has 0 aliphatic heterocycles. The molecule has 1 amide bonds. The van der Waals surface area contributed by atoms with Crippen molar-refractivity contribution >= 4 is 22.0 Å². The molecule has 2 aromatic carbocycles. The van der Waals surface area contributed by atoms with Crippen LogP contribution in [0.4, 0.5) is 8.78 Å². The van der Waals surface area contributed by atoms with Crippen molar-refractivity contribution in [3.8, 4) is 5.75 Å².